The fraction of sp³-hybridized carbons (Fsp3) is 0.562. The molecule has 0 heterocycles. The lowest BCUT2D eigenvalue weighted by Gasteiger charge is -2.25. The van der Waals surface area contributed by atoms with Crippen LogP contribution in [-0.2, 0) is 0 Å². The van der Waals surface area contributed by atoms with Crippen molar-refractivity contribution < 1.29 is 4.79 Å². The molecule has 0 unspecified atom stereocenters. The van der Waals surface area contributed by atoms with Gasteiger partial charge in [-0.25, -0.2) is 0 Å². The lowest BCUT2D eigenvalue weighted by molar-refractivity contribution is 0.0908. The van der Waals surface area contributed by atoms with Crippen molar-refractivity contribution in [1.29, 1.82) is 0 Å². The summed E-state index contributed by atoms with van der Waals surface area (Å²) >= 11 is 0. The highest BCUT2D eigenvalue weighted by Gasteiger charge is 2.30. The molecule has 1 aliphatic rings. The number of aryl methyl sites for hydroxylation is 1. The predicted octanol–water partition coefficient (Wildman–Crippen LogP) is 3.49. The van der Waals surface area contributed by atoms with Crippen molar-refractivity contribution >= 4 is 11.6 Å². The first-order chi connectivity index (χ1) is 9.04. The van der Waals surface area contributed by atoms with Crippen LogP contribution in [0.2, 0.25) is 0 Å². The smallest absolute Gasteiger partial charge is 0.251 e. The van der Waals surface area contributed by atoms with Crippen molar-refractivity contribution in [1.82, 2.24) is 5.32 Å². The fourth-order valence-corrected chi connectivity index (χ4v) is 2.82. The van der Waals surface area contributed by atoms with E-state index < -0.39 is 0 Å². The minimum atomic E-state index is -0.00860. The Labute approximate surface area is 115 Å². The highest BCUT2D eigenvalue weighted by molar-refractivity contribution is 5.95. The van der Waals surface area contributed by atoms with Crippen LogP contribution in [0.3, 0.4) is 0 Å². The van der Waals surface area contributed by atoms with Gasteiger partial charge in [0, 0.05) is 23.3 Å². The zero-order valence-electron chi connectivity index (χ0n) is 12.2. The molecule has 104 valence electrons. The molecule has 1 aromatic rings. The lowest BCUT2D eigenvalue weighted by atomic mass is 9.99. The van der Waals surface area contributed by atoms with Gasteiger partial charge in [-0.05, 0) is 57.4 Å². The van der Waals surface area contributed by atoms with Gasteiger partial charge in [-0.1, -0.05) is 12.8 Å². The molecular weight excluding hydrogens is 236 g/mol. The van der Waals surface area contributed by atoms with Gasteiger partial charge in [0.2, 0.25) is 0 Å². The average molecular weight is 260 g/mol. The summed E-state index contributed by atoms with van der Waals surface area (Å²) in [5.41, 5.74) is 2.97. The van der Waals surface area contributed by atoms with E-state index in [1.807, 2.05) is 25.1 Å². The monoisotopic (exact) mass is 260 g/mol. The Morgan fingerprint density at radius 1 is 1.32 bits per heavy atom. The highest BCUT2D eigenvalue weighted by Crippen LogP contribution is 2.29. The molecule has 0 aromatic heterocycles. The number of hydrogen-bond acceptors (Lipinski definition) is 2. The summed E-state index contributed by atoms with van der Waals surface area (Å²) < 4.78 is 0. The number of rotatable bonds is 4. The topological polar surface area (TPSA) is 41.1 Å². The van der Waals surface area contributed by atoms with Crippen LogP contribution in [0.1, 0.15) is 55.5 Å². The zero-order valence-corrected chi connectivity index (χ0v) is 12.2. The molecule has 1 fully saturated rings. The minimum Gasteiger partial charge on any atom is -0.385 e. The second-order valence-corrected chi connectivity index (χ2v) is 5.78. The van der Waals surface area contributed by atoms with E-state index in [4.69, 9.17) is 0 Å². The van der Waals surface area contributed by atoms with Crippen LogP contribution in [-0.4, -0.2) is 18.0 Å². The molecule has 1 aromatic carbocycles. The normalized spacial score (nSPS) is 17.2. The SMILES string of the molecule is CCNc1ccc(C(=O)NC2(C)CCCC2)cc1C. The van der Waals surface area contributed by atoms with Crippen LogP contribution in [0.5, 0.6) is 0 Å². The third-order valence-electron chi connectivity index (χ3n) is 3.98. The third kappa shape index (κ3) is 3.28. The van der Waals surface area contributed by atoms with Gasteiger partial charge in [0.25, 0.3) is 5.91 Å². The van der Waals surface area contributed by atoms with Crippen molar-refractivity contribution in [2.45, 2.75) is 52.0 Å². The molecule has 0 saturated heterocycles. The van der Waals surface area contributed by atoms with Crippen molar-refractivity contribution in [3.8, 4) is 0 Å². The Balaban J connectivity index is 2.09. The Morgan fingerprint density at radius 3 is 2.58 bits per heavy atom. The van der Waals surface area contributed by atoms with E-state index in [0.29, 0.717) is 0 Å². The van der Waals surface area contributed by atoms with Crippen LogP contribution in [0.4, 0.5) is 5.69 Å². The molecule has 2 N–H and O–H groups in total. The Morgan fingerprint density at radius 2 is 2.00 bits per heavy atom. The summed E-state index contributed by atoms with van der Waals surface area (Å²) in [6, 6.07) is 5.86. The maximum atomic E-state index is 12.3. The van der Waals surface area contributed by atoms with Crippen molar-refractivity contribution in [2.75, 3.05) is 11.9 Å². The molecule has 0 radical (unpaired) electrons. The summed E-state index contributed by atoms with van der Waals surface area (Å²) in [4.78, 5) is 12.3. The zero-order chi connectivity index (χ0) is 13.9. The average Bonchev–Trinajstić information content (AvgIpc) is 2.78. The summed E-state index contributed by atoms with van der Waals surface area (Å²) in [5, 5.41) is 6.48. The number of benzene rings is 1. The molecule has 3 nitrogen and oxygen atoms in total. The number of carbonyl (C=O) groups is 1. The molecule has 0 spiro atoms. The third-order valence-corrected chi connectivity index (χ3v) is 3.98. The van der Waals surface area contributed by atoms with E-state index in [0.717, 1.165) is 36.2 Å². The van der Waals surface area contributed by atoms with Crippen molar-refractivity contribution in [3.05, 3.63) is 29.3 Å². The Hall–Kier alpha value is -1.51. The molecule has 0 aliphatic heterocycles. The second kappa shape index (κ2) is 5.64. The summed E-state index contributed by atoms with van der Waals surface area (Å²) in [6.45, 7) is 7.15. The molecule has 3 heteroatoms. The number of nitrogens with one attached hydrogen (secondary N) is 2. The first-order valence-corrected chi connectivity index (χ1v) is 7.21. The minimum absolute atomic E-state index is 0.00860. The molecule has 1 aliphatic carbocycles. The molecule has 0 atom stereocenters. The van der Waals surface area contributed by atoms with Crippen molar-refractivity contribution in [2.24, 2.45) is 0 Å². The number of amides is 1. The first-order valence-electron chi connectivity index (χ1n) is 7.21. The second-order valence-electron chi connectivity index (χ2n) is 5.78. The van der Waals surface area contributed by atoms with E-state index in [-0.39, 0.29) is 11.4 Å². The summed E-state index contributed by atoms with van der Waals surface area (Å²) in [5.74, 6) is 0.0514. The number of hydrogen-bond donors (Lipinski definition) is 2. The van der Waals surface area contributed by atoms with Gasteiger partial charge in [0.15, 0.2) is 0 Å². The van der Waals surface area contributed by atoms with E-state index in [1.54, 1.807) is 0 Å². The standard InChI is InChI=1S/C16H24N2O/c1-4-17-14-8-7-13(11-12(14)2)15(19)18-16(3)9-5-6-10-16/h7-8,11,17H,4-6,9-10H2,1-3H3,(H,18,19). The molecular formula is C16H24N2O. The van der Waals surface area contributed by atoms with Gasteiger partial charge in [-0.15, -0.1) is 0 Å². The summed E-state index contributed by atoms with van der Waals surface area (Å²) in [6.07, 6.45) is 4.62. The van der Waals surface area contributed by atoms with E-state index in [2.05, 4.69) is 24.5 Å². The van der Waals surface area contributed by atoms with Gasteiger partial charge >= 0.3 is 0 Å². The van der Waals surface area contributed by atoms with E-state index >= 15 is 0 Å². The molecule has 19 heavy (non-hydrogen) atoms. The maximum absolute atomic E-state index is 12.3. The molecule has 0 bridgehead atoms. The van der Waals surface area contributed by atoms with Gasteiger partial charge in [-0.2, -0.15) is 0 Å². The van der Waals surface area contributed by atoms with Crippen molar-refractivity contribution in [3.63, 3.8) is 0 Å². The van der Waals surface area contributed by atoms with Crippen LogP contribution in [0.25, 0.3) is 0 Å². The Kier molecular flexibility index (Phi) is 4.13. The lowest BCUT2D eigenvalue weighted by Crippen LogP contribution is -2.43. The van der Waals surface area contributed by atoms with Gasteiger partial charge in [0.1, 0.15) is 0 Å². The fourth-order valence-electron chi connectivity index (χ4n) is 2.82. The van der Waals surface area contributed by atoms with Gasteiger partial charge < -0.3 is 10.6 Å². The Bertz CT molecular complexity index is 462. The van der Waals surface area contributed by atoms with Crippen LogP contribution >= 0.6 is 0 Å². The first kappa shape index (κ1) is 13.9. The molecule has 1 amide bonds. The number of carbonyl (C=O) groups excluding carboxylic acids is 1. The van der Waals surface area contributed by atoms with Crippen LogP contribution in [0.15, 0.2) is 18.2 Å². The van der Waals surface area contributed by atoms with Crippen LogP contribution < -0.4 is 10.6 Å². The molecule has 2 rings (SSSR count). The van der Waals surface area contributed by atoms with E-state index in [9.17, 15) is 4.79 Å². The highest BCUT2D eigenvalue weighted by atomic mass is 16.1. The van der Waals surface area contributed by atoms with Gasteiger partial charge in [0.05, 0.1) is 0 Å². The van der Waals surface area contributed by atoms with E-state index in [1.165, 1.54) is 12.8 Å². The maximum Gasteiger partial charge on any atom is 0.251 e. The summed E-state index contributed by atoms with van der Waals surface area (Å²) in [7, 11) is 0. The number of anilines is 1. The quantitative estimate of drug-likeness (QED) is 0.870. The van der Waals surface area contributed by atoms with Gasteiger partial charge in [-0.3, -0.25) is 4.79 Å². The molecule has 1 saturated carbocycles. The largest absolute Gasteiger partial charge is 0.385 e. The predicted molar refractivity (Wildman–Crippen MR) is 79.7 cm³/mol. The van der Waals surface area contributed by atoms with Crippen LogP contribution in [0, 0.1) is 6.92 Å².